The number of halogens is 3. The van der Waals surface area contributed by atoms with Gasteiger partial charge in [0.05, 0.1) is 16.8 Å². The van der Waals surface area contributed by atoms with Gasteiger partial charge in [0.2, 0.25) is 0 Å². The molecule has 0 radical (unpaired) electrons. The summed E-state index contributed by atoms with van der Waals surface area (Å²) >= 11 is 0. The van der Waals surface area contributed by atoms with E-state index in [1.165, 1.54) is 21.6 Å². The lowest BCUT2D eigenvalue weighted by Crippen LogP contribution is -2.35. The normalized spacial score (nSPS) is 13.5. The van der Waals surface area contributed by atoms with Crippen LogP contribution in [0, 0.1) is 0 Å². The molecule has 5 rings (SSSR count). The highest BCUT2D eigenvalue weighted by Crippen LogP contribution is 2.35. The molecular formula is C25H18F3N3O3. The minimum absolute atomic E-state index is 0.0632. The van der Waals surface area contributed by atoms with Gasteiger partial charge >= 0.3 is 6.18 Å². The minimum Gasteiger partial charge on any atom is -0.482 e. The first-order chi connectivity index (χ1) is 16.2. The van der Waals surface area contributed by atoms with E-state index < -0.39 is 17.6 Å². The Morgan fingerprint density at radius 3 is 2.59 bits per heavy atom. The molecule has 1 aromatic heterocycles. The number of likely N-dealkylation sites (N-methyl/N-ethyl adjacent to an activating group) is 1. The molecule has 2 heterocycles. The van der Waals surface area contributed by atoms with Crippen molar-refractivity contribution in [2.75, 3.05) is 23.9 Å². The summed E-state index contributed by atoms with van der Waals surface area (Å²) < 4.78 is 46.9. The molecule has 0 spiro atoms. The lowest BCUT2D eigenvalue weighted by molar-refractivity contribution is -0.137. The number of nitrogens with one attached hydrogen (secondary N) is 1. The monoisotopic (exact) mass is 465 g/mol. The SMILES string of the molecule is CN1C(=O)COc2ccc(NC(=O)c3cc4ccccc4n3-c3cccc(C(F)(F)F)c3)cc21. The van der Waals surface area contributed by atoms with Gasteiger partial charge in [-0.2, -0.15) is 13.2 Å². The Balaban J connectivity index is 1.56. The molecule has 0 fully saturated rings. The summed E-state index contributed by atoms with van der Waals surface area (Å²) in [6, 6.07) is 18.4. The Hall–Kier alpha value is -4.27. The van der Waals surface area contributed by atoms with Crippen LogP contribution in [0.3, 0.4) is 0 Å². The van der Waals surface area contributed by atoms with E-state index in [-0.39, 0.29) is 23.9 Å². The molecule has 34 heavy (non-hydrogen) atoms. The van der Waals surface area contributed by atoms with Crippen LogP contribution < -0.4 is 15.0 Å². The number of anilines is 2. The van der Waals surface area contributed by atoms with Gasteiger partial charge in [0, 0.05) is 23.8 Å². The van der Waals surface area contributed by atoms with E-state index in [1.807, 2.05) is 0 Å². The van der Waals surface area contributed by atoms with Gasteiger partial charge in [-0.25, -0.2) is 0 Å². The number of fused-ring (bicyclic) bond motifs is 2. The zero-order valence-electron chi connectivity index (χ0n) is 17.9. The highest BCUT2D eigenvalue weighted by Gasteiger charge is 2.31. The van der Waals surface area contributed by atoms with Crippen LogP contribution in [-0.4, -0.2) is 30.0 Å². The van der Waals surface area contributed by atoms with Crippen molar-refractivity contribution in [2.24, 2.45) is 0 Å². The van der Waals surface area contributed by atoms with Gasteiger partial charge in [0.1, 0.15) is 11.4 Å². The van der Waals surface area contributed by atoms with Crippen LogP contribution in [0.2, 0.25) is 0 Å². The summed E-state index contributed by atoms with van der Waals surface area (Å²) in [5.74, 6) is -0.224. The average Bonchev–Trinajstić information content (AvgIpc) is 3.21. The number of aromatic nitrogens is 1. The van der Waals surface area contributed by atoms with Crippen molar-refractivity contribution >= 4 is 34.1 Å². The van der Waals surface area contributed by atoms with Crippen LogP contribution in [0.25, 0.3) is 16.6 Å². The van der Waals surface area contributed by atoms with Gasteiger partial charge in [0.25, 0.3) is 11.8 Å². The Kier molecular flexibility index (Phi) is 5.04. The van der Waals surface area contributed by atoms with Gasteiger partial charge in [-0.15, -0.1) is 0 Å². The molecule has 0 saturated carbocycles. The van der Waals surface area contributed by atoms with Crippen molar-refractivity contribution < 1.29 is 27.5 Å². The summed E-state index contributed by atoms with van der Waals surface area (Å²) in [7, 11) is 1.61. The highest BCUT2D eigenvalue weighted by molar-refractivity contribution is 6.08. The second-order valence-electron chi connectivity index (χ2n) is 7.85. The Morgan fingerprint density at radius 1 is 1.00 bits per heavy atom. The Morgan fingerprint density at radius 2 is 1.79 bits per heavy atom. The fourth-order valence-electron chi connectivity index (χ4n) is 3.97. The summed E-state index contributed by atoms with van der Waals surface area (Å²) in [4.78, 5) is 26.7. The molecular weight excluding hydrogens is 447 g/mol. The first-order valence-corrected chi connectivity index (χ1v) is 10.4. The van der Waals surface area contributed by atoms with E-state index in [2.05, 4.69) is 5.32 Å². The molecule has 0 saturated heterocycles. The number of hydrogen-bond acceptors (Lipinski definition) is 3. The first-order valence-electron chi connectivity index (χ1n) is 10.4. The number of benzene rings is 3. The molecule has 6 nitrogen and oxygen atoms in total. The van der Waals surface area contributed by atoms with Crippen molar-refractivity contribution in [3.05, 3.63) is 84.1 Å². The van der Waals surface area contributed by atoms with E-state index >= 15 is 0 Å². The topological polar surface area (TPSA) is 63.6 Å². The maximum atomic E-state index is 13.3. The van der Waals surface area contributed by atoms with E-state index in [1.54, 1.807) is 55.6 Å². The molecule has 4 aromatic rings. The second-order valence-corrected chi connectivity index (χ2v) is 7.85. The van der Waals surface area contributed by atoms with Crippen molar-refractivity contribution in [1.82, 2.24) is 4.57 Å². The number of hydrogen-bond donors (Lipinski definition) is 1. The van der Waals surface area contributed by atoms with Gasteiger partial charge in [-0.3, -0.25) is 9.59 Å². The molecule has 0 aliphatic carbocycles. The fourth-order valence-corrected chi connectivity index (χ4v) is 3.97. The van der Waals surface area contributed by atoms with Gasteiger partial charge in [-0.05, 0) is 48.5 Å². The number of ether oxygens (including phenoxy) is 1. The van der Waals surface area contributed by atoms with Gasteiger partial charge < -0.3 is 19.5 Å². The van der Waals surface area contributed by atoms with Crippen molar-refractivity contribution in [3.63, 3.8) is 0 Å². The minimum atomic E-state index is -4.52. The summed E-state index contributed by atoms with van der Waals surface area (Å²) in [5, 5.41) is 3.49. The van der Waals surface area contributed by atoms with E-state index in [9.17, 15) is 22.8 Å². The third kappa shape index (κ3) is 3.75. The largest absolute Gasteiger partial charge is 0.482 e. The van der Waals surface area contributed by atoms with Crippen LogP contribution in [0.1, 0.15) is 16.1 Å². The molecule has 0 unspecified atom stereocenters. The number of alkyl halides is 3. The van der Waals surface area contributed by atoms with Crippen LogP contribution in [0.4, 0.5) is 24.5 Å². The fraction of sp³-hybridized carbons (Fsp3) is 0.120. The quantitative estimate of drug-likeness (QED) is 0.449. The molecule has 1 aliphatic heterocycles. The summed E-state index contributed by atoms with van der Waals surface area (Å²) in [6.07, 6.45) is -4.52. The van der Waals surface area contributed by atoms with Gasteiger partial charge in [-0.1, -0.05) is 24.3 Å². The molecule has 172 valence electrons. The van der Waals surface area contributed by atoms with Crippen LogP contribution in [0.15, 0.2) is 72.8 Å². The van der Waals surface area contributed by atoms with Crippen LogP contribution in [-0.2, 0) is 11.0 Å². The zero-order valence-corrected chi connectivity index (χ0v) is 17.9. The predicted octanol–water partition coefficient (Wildman–Crippen LogP) is 5.26. The number of nitrogens with zero attached hydrogens (tertiary/aromatic N) is 2. The molecule has 1 aliphatic rings. The average molecular weight is 465 g/mol. The third-order valence-corrected chi connectivity index (χ3v) is 5.68. The van der Waals surface area contributed by atoms with E-state index in [0.29, 0.717) is 28.0 Å². The maximum Gasteiger partial charge on any atom is 0.416 e. The van der Waals surface area contributed by atoms with E-state index in [0.717, 1.165) is 12.1 Å². The van der Waals surface area contributed by atoms with Gasteiger partial charge in [0.15, 0.2) is 6.61 Å². The number of amides is 2. The lowest BCUT2D eigenvalue weighted by Gasteiger charge is -2.26. The van der Waals surface area contributed by atoms with Crippen molar-refractivity contribution in [3.8, 4) is 11.4 Å². The lowest BCUT2D eigenvalue weighted by atomic mass is 10.2. The molecule has 1 N–H and O–H groups in total. The Labute approximate surface area is 192 Å². The molecule has 3 aromatic carbocycles. The van der Waals surface area contributed by atoms with Crippen LogP contribution >= 0.6 is 0 Å². The van der Waals surface area contributed by atoms with E-state index in [4.69, 9.17) is 4.74 Å². The molecule has 9 heteroatoms. The second kappa shape index (κ2) is 7.95. The van der Waals surface area contributed by atoms with Crippen molar-refractivity contribution in [1.29, 1.82) is 0 Å². The number of carbonyl (C=O) groups excluding carboxylic acids is 2. The number of para-hydroxylation sites is 1. The maximum absolute atomic E-state index is 13.3. The standard InChI is InChI=1S/C25H18F3N3O3/c1-30-20-13-17(9-10-22(20)34-14-23(30)32)29-24(33)21-11-15-5-2-3-8-19(15)31(21)18-7-4-6-16(12-18)25(26,27)28/h2-13H,14H2,1H3,(H,29,33). The van der Waals surface area contributed by atoms with Crippen molar-refractivity contribution in [2.45, 2.75) is 6.18 Å². The molecule has 0 atom stereocenters. The zero-order chi connectivity index (χ0) is 24.0. The highest BCUT2D eigenvalue weighted by atomic mass is 19.4. The van der Waals surface area contributed by atoms with Crippen LogP contribution in [0.5, 0.6) is 5.75 Å². The summed E-state index contributed by atoms with van der Waals surface area (Å²) in [6.45, 7) is -0.0632. The predicted molar refractivity (Wildman–Crippen MR) is 122 cm³/mol. The molecule has 0 bridgehead atoms. The number of carbonyl (C=O) groups is 2. The molecule has 2 amide bonds. The Bertz CT molecular complexity index is 1440. The summed E-state index contributed by atoms with van der Waals surface area (Å²) in [5.41, 5.74) is 1.08. The number of rotatable bonds is 3. The smallest absolute Gasteiger partial charge is 0.416 e. The third-order valence-electron chi connectivity index (χ3n) is 5.68. The first kappa shape index (κ1) is 21.6.